The minimum atomic E-state index is -0.486. The highest BCUT2D eigenvalue weighted by Crippen LogP contribution is 2.51. The molecule has 3 aromatic rings. The van der Waals surface area contributed by atoms with Crippen LogP contribution in [0.3, 0.4) is 0 Å². The Morgan fingerprint density at radius 1 is 0.931 bits per heavy atom. The number of carbonyl (C=O) groups excluding carboxylic acids is 1. The van der Waals surface area contributed by atoms with Crippen LogP contribution in [-0.4, -0.2) is 12.7 Å². The molecule has 2 aliphatic rings. The van der Waals surface area contributed by atoms with E-state index in [2.05, 4.69) is 17.4 Å². The number of benzene rings is 3. The Hall–Kier alpha value is -3.31. The van der Waals surface area contributed by atoms with E-state index in [0.717, 1.165) is 46.5 Å². The first-order valence-electron chi connectivity index (χ1n) is 9.79. The van der Waals surface area contributed by atoms with E-state index in [1.165, 1.54) is 0 Å². The third-order valence-corrected chi connectivity index (χ3v) is 5.75. The van der Waals surface area contributed by atoms with Crippen molar-refractivity contribution in [3.8, 4) is 22.6 Å². The van der Waals surface area contributed by atoms with Crippen LogP contribution < -0.4 is 20.5 Å². The molecule has 1 aliphatic carbocycles. The lowest BCUT2D eigenvalue weighted by molar-refractivity contribution is -0.118. The van der Waals surface area contributed by atoms with E-state index in [0.29, 0.717) is 12.3 Å². The maximum Gasteiger partial charge on any atom is 0.235 e. The summed E-state index contributed by atoms with van der Waals surface area (Å²) in [5, 5.41) is 3.11. The Morgan fingerprint density at radius 3 is 2.48 bits per heavy atom. The summed E-state index contributed by atoms with van der Waals surface area (Å²) in [4.78, 5) is 13.1. The quantitative estimate of drug-likeness (QED) is 0.689. The second-order valence-corrected chi connectivity index (χ2v) is 7.59. The van der Waals surface area contributed by atoms with Crippen molar-refractivity contribution in [1.29, 1.82) is 0 Å². The van der Waals surface area contributed by atoms with E-state index < -0.39 is 5.41 Å². The number of anilines is 1. The van der Waals surface area contributed by atoms with Crippen molar-refractivity contribution in [2.45, 2.75) is 24.8 Å². The largest absolute Gasteiger partial charge is 0.454 e. The molecule has 5 heteroatoms. The van der Waals surface area contributed by atoms with Gasteiger partial charge in [-0.3, -0.25) is 4.79 Å². The maximum atomic E-state index is 13.1. The van der Waals surface area contributed by atoms with Crippen LogP contribution >= 0.6 is 0 Å². The van der Waals surface area contributed by atoms with Crippen LogP contribution in [-0.2, 0) is 16.8 Å². The Bertz CT molecular complexity index is 1070. The van der Waals surface area contributed by atoms with Crippen LogP contribution in [0.25, 0.3) is 11.1 Å². The lowest BCUT2D eigenvalue weighted by atomic mass is 9.94. The SMILES string of the molecule is NCc1ccc(-c2cccc(NC(=O)C3(c4ccc5c(c4)OCO5)CC3)c2)cc1. The molecule has 3 N–H and O–H groups in total. The molecule has 0 radical (unpaired) electrons. The van der Waals surface area contributed by atoms with Gasteiger partial charge in [0.05, 0.1) is 5.41 Å². The van der Waals surface area contributed by atoms with Crippen LogP contribution in [0.4, 0.5) is 5.69 Å². The molecule has 29 heavy (non-hydrogen) atoms. The molecule has 146 valence electrons. The Balaban J connectivity index is 1.37. The fraction of sp³-hybridized carbons (Fsp3) is 0.208. The van der Waals surface area contributed by atoms with Crippen LogP contribution in [0.15, 0.2) is 66.7 Å². The lowest BCUT2D eigenvalue weighted by Gasteiger charge is -2.17. The molecule has 1 amide bonds. The first-order valence-corrected chi connectivity index (χ1v) is 9.79. The van der Waals surface area contributed by atoms with E-state index in [-0.39, 0.29) is 12.7 Å². The van der Waals surface area contributed by atoms with E-state index in [9.17, 15) is 4.79 Å². The molecule has 0 spiro atoms. The molecule has 0 bridgehead atoms. The van der Waals surface area contributed by atoms with Crippen LogP contribution in [0.2, 0.25) is 0 Å². The minimum Gasteiger partial charge on any atom is -0.454 e. The third-order valence-electron chi connectivity index (χ3n) is 5.75. The molecule has 1 fully saturated rings. The third kappa shape index (κ3) is 3.23. The normalized spacial score (nSPS) is 15.8. The summed E-state index contributed by atoms with van der Waals surface area (Å²) in [6.45, 7) is 0.759. The van der Waals surface area contributed by atoms with E-state index >= 15 is 0 Å². The number of ether oxygens (including phenoxy) is 2. The van der Waals surface area contributed by atoms with Gasteiger partial charge < -0.3 is 20.5 Å². The smallest absolute Gasteiger partial charge is 0.235 e. The molecule has 1 aliphatic heterocycles. The van der Waals surface area contributed by atoms with Crippen LogP contribution in [0.1, 0.15) is 24.0 Å². The average Bonchev–Trinajstić information content (AvgIpc) is 3.45. The number of fused-ring (bicyclic) bond motifs is 1. The molecular weight excluding hydrogens is 364 g/mol. The highest BCUT2D eigenvalue weighted by molar-refractivity contribution is 6.01. The van der Waals surface area contributed by atoms with E-state index in [1.54, 1.807) is 0 Å². The van der Waals surface area contributed by atoms with Gasteiger partial charge >= 0.3 is 0 Å². The van der Waals surface area contributed by atoms with Gasteiger partial charge in [-0.2, -0.15) is 0 Å². The summed E-state index contributed by atoms with van der Waals surface area (Å²) >= 11 is 0. The fourth-order valence-corrected chi connectivity index (χ4v) is 3.83. The highest BCUT2D eigenvalue weighted by Gasteiger charge is 2.51. The van der Waals surface area contributed by atoms with Crippen molar-refractivity contribution >= 4 is 11.6 Å². The number of hydrogen-bond acceptors (Lipinski definition) is 4. The van der Waals surface area contributed by atoms with Crippen LogP contribution in [0.5, 0.6) is 11.5 Å². The van der Waals surface area contributed by atoms with Crippen molar-refractivity contribution in [3.63, 3.8) is 0 Å². The molecule has 5 nitrogen and oxygen atoms in total. The van der Waals surface area contributed by atoms with Gasteiger partial charge in [-0.15, -0.1) is 0 Å². The lowest BCUT2D eigenvalue weighted by Crippen LogP contribution is -2.27. The van der Waals surface area contributed by atoms with Crippen molar-refractivity contribution in [3.05, 3.63) is 77.9 Å². The Labute approximate surface area is 169 Å². The van der Waals surface area contributed by atoms with Crippen molar-refractivity contribution in [2.24, 2.45) is 5.73 Å². The van der Waals surface area contributed by atoms with Gasteiger partial charge in [-0.1, -0.05) is 42.5 Å². The number of hydrogen-bond donors (Lipinski definition) is 2. The fourth-order valence-electron chi connectivity index (χ4n) is 3.83. The maximum absolute atomic E-state index is 13.1. The topological polar surface area (TPSA) is 73.6 Å². The average molecular weight is 386 g/mol. The second kappa shape index (κ2) is 6.94. The molecule has 1 saturated carbocycles. The second-order valence-electron chi connectivity index (χ2n) is 7.59. The summed E-state index contributed by atoms with van der Waals surface area (Å²) < 4.78 is 10.9. The molecule has 0 atom stereocenters. The number of amides is 1. The zero-order valence-corrected chi connectivity index (χ0v) is 16.0. The summed E-state index contributed by atoms with van der Waals surface area (Å²) in [6, 6.07) is 21.9. The molecule has 0 saturated heterocycles. The number of carbonyl (C=O) groups is 1. The zero-order chi connectivity index (χ0) is 19.8. The molecule has 0 unspecified atom stereocenters. The van der Waals surface area contributed by atoms with Gasteiger partial charge in [0.15, 0.2) is 11.5 Å². The summed E-state index contributed by atoms with van der Waals surface area (Å²) in [5.41, 5.74) is 10.2. The standard InChI is InChI=1S/C24H22N2O3/c25-14-16-4-6-17(7-5-16)18-2-1-3-20(12-18)26-23(27)24(10-11-24)19-8-9-21-22(13-19)29-15-28-21/h1-9,12-13H,10-11,14-15,25H2,(H,26,27). The van der Waals surface area contributed by atoms with Gasteiger partial charge in [-0.05, 0) is 59.4 Å². The monoisotopic (exact) mass is 386 g/mol. The van der Waals surface area contributed by atoms with Gasteiger partial charge in [0.2, 0.25) is 12.7 Å². The van der Waals surface area contributed by atoms with Gasteiger partial charge in [0, 0.05) is 12.2 Å². The van der Waals surface area contributed by atoms with E-state index in [1.807, 2.05) is 54.6 Å². The number of nitrogens with two attached hydrogens (primary N) is 1. The Morgan fingerprint density at radius 2 is 1.72 bits per heavy atom. The first-order chi connectivity index (χ1) is 14.2. The van der Waals surface area contributed by atoms with Crippen LogP contribution in [0, 0.1) is 0 Å². The van der Waals surface area contributed by atoms with Crippen molar-refractivity contribution < 1.29 is 14.3 Å². The number of nitrogens with one attached hydrogen (secondary N) is 1. The minimum absolute atomic E-state index is 0.0204. The molecular formula is C24H22N2O3. The molecule has 1 heterocycles. The summed E-state index contributed by atoms with van der Waals surface area (Å²) in [6.07, 6.45) is 1.66. The highest BCUT2D eigenvalue weighted by atomic mass is 16.7. The molecule has 3 aromatic carbocycles. The van der Waals surface area contributed by atoms with Gasteiger partial charge in [-0.25, -0.2) is 0 Å². The van der Waals surface area contributed by atoms with Gasteiger partial charge in [0.25, 0.3) is 0 Å². The zero-order valence-electron chi connectivity index (χ0n) is 16.0. The number of rotatable bonds is 5. The summed E-state index contributed by atoms with van der Waals surface area (Å²) in [5.74, 6) is 1.47. The van der Waals surface area contributed by atoms with Crippen molar-refractivity contribution in [1.82, 2.24) is 0 Å². The first kappa shape index (κ1) is 17.8. The van der Waals surface area contributed by atoms with Gasteiger partial charge in [0.1, 0.15) is 0 Å². The summed E-state index contributed by atoms with van der Waals surface area (Å²) in [7, 11) is 0. The molecule has 0 aromatic heterocycles. The molecule has 5 rings (SSSR count). The Kier molecular flexibility index (Phi) is 4.25. The predicted molar refractivity (Wildman–Crippen MR) is 112 cm³/mol. The van der Waals surface area contributed by atoms with Crippen molar-refractivity contribution in [2.75, 3.05) is 12.1 Å². The van der Waals surface area contributed by atoms with E-state index in [4.69, 9.17) is 15.2 Å². The predicted octanol–water partition coefficient (Wildman–Crippen LogP) is 4.21.